The zero-order valence-corrected chi connectivity index (χ0v) is 10.2. The molecule has 0 aliphatic heterocycles. The predicted octanol–water partition coefficient (Wildman–Crippen LogP) is 1.39. The number of hydrogen-bond acceptors (Lipinski definition) is 2. The smallest absolute Gasteiger partial charge is 0.230 e. The number of rotatable bonds is 3. The van der Waals surface area contributed by atoms with Crippen molar-refractivity contribution >= 4 is 5.91 Å². The fraction of sp³-hybridized carbons (Fsp3) is 0.500. The van der Waals surface area contributed by atoms with Crippen LogP contribution in [0.4, 0.5) is 0 Å². The summed E-state index contributed by atoms with van der Waals surface area (Å²) in [5, 5.41) is 11.6. The van der Waals surface area contributed by atoms with Gasteiger partial charge in [-0.05, 0) is 37.3 Å². The van der Waals surface area contributed by atoms with Crippen LogP contribution in [0.3, 0.4) is 0 Å². The molecule has 3 heteroatoms. The summed E-state index contributed by atoms with van der Waals surface area (Å²) in [7, 11) is 0. The Hall–Kier alpha value is -1.35. The van der Waals surface area contributed by atoms with Crippen LogP contribution in [-0.2, 0) is 16.6 Å². The minimum atomic E-state index is -0.440. The molecule has 0 fully saturated rings. The average Bonchev–Trinajstić information content (AvgIpc) is 2.36. The Balaban J connectivity index is 2.29. The van der Waals surface area contributed by atoms with Crippen LogP contribution in [0.25, 0.3) is 0 Å². The summed E-state index contributed by atoms with van der Waals surface area (Å²) < 4.78 is 0. The second kappa shape index (κ2) is 4.88. The molecule has 1 unspecified atom stereocenters. The van der Waals surface area contributed by atoms with E-state index in [1.165, 1.54) is 5.56 Å². The zero-order valence-electron chi connectivity index (χ0n) is 10.2. The second-order valence-electron chi connectivity index (χ2n) is 4.82. The zero-order chi connectivity index (χ0) is 12.3. The number of carbonyl (C=O) groups is 1. The highest BCUT2D eigenvalue weighted by Crippen LogP contribution is 2.37. The molecule has 1 aliphatic carbocycles. The van der Waals surface area contributed by atoms with E-state index in [0.29, 0.717) is 6.54 Å². The van der Waals surface area contributed by atoms with Crippen LogP contribution >= 0.6 is 0 Å². The Kier molecular flexibility index (Phi) is 3.48. The molecule has 92 valence electrons. The lowest BCUT2D eigenvalue weighted by Crippen LogP contribution is -2.45. The van der Waals surface area contributed by atoms with Crippen molar-refractivity contribution in [3.63, 3.8) is 0 Å². The summed E-state index contributed by atoms with van der Waals surface area (Å²) in [6.07, 6.45) is 2.97. The van der Waals surface area contributed by atoms with E-state index >= 15 is 0 Å². The number of carbonyl (C=O) groups excluding carboxylic acids is 1. The van der Waals surface area contributed by atoms with E-state index in [2.05, 4.69) is 11.4 Å². The van der Waals surface area contributed by atoms with E-state index < -0.39 is 5.41 Å². The van der Waals surface area contributed by atoms with Gasteiger partial charge in [0.1, 0.15) is 0 Å². The number of hydrogen-bond donors (Lipinski definition) is 2. The molecule has 1 atom stereocenters. The van der Waals surface area contributed by atoms with Gasteiger partial charge in [-0.1, -0.05) is 24.3 Å². The van der Waals surface area contributed by atoms with E-state index in [1.54, 1.807) is 0 Å². The first-order chi connectivity index (χ1) is 8.18. The Morgan fingerprint density at radius 2 is 2.24 bits per heavy atom. The fourth-order valence-corrected chi connectivity index (χ4v) is 2.64. The number of nitrogens with one attached hydrogen (secondary N) is 1. The van der Waals surface area contributed by atoms with Crippen molar-refractivity contribution in [2.45, 2.75) is 31.6 Å². The SMILES string of the molecule is CC1(C(=O)NCCO)CCCc2ccccc21. The van der Waals surface area contributed by atoms with Crippen LogP contribution in [0.2, 0.25) is 0 Å². The van der Waals surface area contributed by atoms with Gasteiger partial charge < -0.3 is 10.4 Å². The first-order valence-corrected chi connectivity index (χ1v) is 6.16. The van der Waals surface area contributed by atoms with Gasteiger partial charge in [0.2, 0.25) is 5.91 Å². The third kappa shape index (κ3) is 2.20. The highest BCUT2D eigenvalue weighted by molar-refractivity contribution is 5.88. The van der Waals surface area contributed by atoms with Crippen LogP contribution in [-0.4, -0.2) is 24.2 Å². The van der Waals surface area contributed by atoms with Gasteiger partial charge in [-0.3, -0.25) is 4.79 Å². The molecule has 1 aliphatic rings. The Morgan fingerprint density at radius 3 is 3.00 bits per heavy atom. The van der Waals surface area contributed by atoms with Gasteiger partial charge in [-0.2, -0.15) is 0 Å². The van der Waals surface area contributed by atoms with E-state index in [9.17, 15) is 4.79 Å². The van der Waals surface area contributed by atoms with Crippen molar-refractivity contribution < 1.29 is 9.90 Å². The molecule has 0 saturated heterocycles. The molecule has 1 aromatic rings. The van der Waals surface area contributed by atoms with E-state index in [-0.39, 0.29) is 12.5 Å². The van der Waals surface area contributed by atoms with E-state index in [0.717, 1.165) is 24.8 Å². The van der Waals surface area contributed by atoms with Gasteiger partial charge in [0.05, 0.1) is 12.0 Å². The molecule has 0 bridgehead atoms. The van der Waals surface area contributed by atoms with Crippen molar-refractivity contribution in [1.29, 1.82) is 0 Å². The number of aliphatic hydroxyl groups is 1. The van der Waals surface area contributed by atoms with Crippen LogP contribution in [0.5, 0.6) is 0 Å². The molecule has 0 heterocycles. The standard InChI is InChI=1S/C14H19NO2/c1-14(13(17)15-9-10-16)8-4-6-11-5-2-3-7-12(11)14/h2-3,5,7,16H,4,6,8-10H2,1H3,(H,15,17). The van der Waals surface area contributed by atoms with Crippen LogP contribution in [0.15, 0.2) is 24.3 Å². The van der Waals surface area contributed by atoms with E-state index in [1.807, 2.05) is 25.1 Å². The van der Waals surface area contributed by atoms with Gasteiger partial charge in [-0.15, -0.1) is 0 Å². The molecule has 2 rings (SSSR count). The minimum absolute atomic E-state index is 0.0104. The first kappa shape index (κ1) is 12.1. The second-order valence-corrected chi connectivity index (χ2v) is 4.82. The number of benzene rings is 1. The molecule has 3 nitrogen and oxygen atoms in total. The highest BCUT2D eigenvalue weighted by atomic mass is 16.3. The van der Waals surface area contributed by atoms with Crippen molar-refractivity contribution in [1.82, 2.24) is 5.32 Å². The van der Waals surface area contributed by atoms with Gasteiger partial charge in [0.15, 0.2) is 0 Å². The maximum absolute atomic E-state index is 12.2. The summed E-state index contributed by atoms with van der Waals surface area (Å²) >= 11 is 0. The van der Waals surface area contributed by atoms with Gasteiger partial charge >= 0.3 is 0 Å². The lowest BCUT2D eigenvalue weighted by molar-refractivity contribution is -0.126. The highest BCUT2D eigenvalue weighted by Gasteiger charge is 2.38. The molecular formula is C14H19NO2. The van der Waals surface area contributed by atoms with Crippen molar-refractivity contribution in [2.24, 2.45) is 0 Å². The fourth-order valence-electron chi connectivity index (χ4n) is 2.64. The van der Waals surface area contributed by atoms with Crippen LogP contribution < -0.4 is 5.32 Å². The lowest BCUT2D eigenvalue weighted by Gasteiger charge is -2.34. The van der Waals surface area contributed by atoms with E-state index in [4.69, 9.17) is 5.11 Å². The van der Waals surface area contributed by atoms with Gasteiger partial charge in [-0.25, -0.2) is 0 Å². The third-order valence-electron chi connectivity index (χ3n) is 3.63. The van der Waals surface area contributed by atoms with Crippen molar-refractivity contribution in [3.8, 4) is 0 Å². The maximum Gasteiger partial charge on any atom is 0.230 e. The molecule has 0 spiro atoms. The largest absolute Gasteiger partial charge is 0.395 e. The lowest BCUT2D eigenvalue weighted by atomic mass is 9.70. The first-order valence-electron chi connectivity index (χ1n) is 6.16. The topological polar surface area (TPSA) is 49.3 Å². The normalized spacial score (nSPS) is 22.9. The Morgan fingerprint density at radius 1 is 1.47 bits per heavy atom. The molecule has 17 heavy (non-hydrogen) atoms. The van der Waals surface area contributed by atoms with Crippen LogP contribution in [0.1, 0.15) is 30.9 Å². The van der Waals surface area contributed by atoms with Gasteiger partial charge in [0.25, 0.3) is 0 Å². The molecular weight excluding hydrogens is 214 g/mol. The monoisotopic (exact) mass is 233 g/mol. The summed E-state index contributed by atoms with van der Waals surface area (Å²) in [6.45, 7) is 2.32. The molecule has 0 saturated carbocycles. The minimum Gasteiger partial charge on any atom is -0.395 e. The van der Waals surface area contributed by atoms with Gasteiger partial charge in [0, 0.05) is 6.54 Å². The Labute approximate surface area is 102 Å². The number of aliphatic hydroxyl groups excluding tert-OH is 1. The number of amides is 1. The van der Waals surface area contributed by atoms with Crippen molar-refractivity contribution in [2.75, 3.05) is 13.2 Å². The molecule has 2 N–H and O–H groups in total. The predicted molar refractivity (Wildman–Crippen MR) is 66.8 cm³/mol. The molecule has 0 aromatic heterocycles. The average molecular weight is 233 g/mol. The number of fused-ring (bicyclic) bond motifs is 1. The summed E-state index contributed by atoms with van der Waals surface area (Å²) in [5.74, 6) is 0.0266. The maximum atomic E-state index is 12.2. The molecule has 0 radical (unpaired) electrons. The Bertz CT molecular complexity index is 416. The molecule has 1 aromatic carbocycles. The third-order valence-corrected chi connectivity index (χ3v) is 3.63. The van der Waals surface area contributed by atoms with Crippen molar-refractivity contribution in [3.05, 3.63) is 35.4 Å². The quantitative estimate of drug-likeness (QED) is 0.829. The van der Waals surface area contributed by atoms with Crippen LogP contribution in [0, 0.1) is 0 Å². The number of aryl methyl sites for hydroxylation is 1. The molecule has 1 amide bonds. The summed E-state index contributed by atoms with van der Waals surface area (Å²) in [4.78, 5) is 12.2. The summed E-state index contributed by atoms with van der Waals surface area (Å²) in [6, 6.07) is 8.16. The summed E-state index contributed by atoms with van der Waals surface area (Å²) in [5.41, 5.74) is 1.98.